The number of benzene rings is 1. The van der Waals surface area contributed by atoms with Crippen LogP contribution in [-0.4, -0.2) is 56.7 Å². The first-order valence-electron chi connectivity index (χ1n) is 8.64. The van der Waals surface area contributed by atoms with E-state index in [-0.39, 0.29) is 0 Å². The fourth-order valence-corrected chi connectivity index (χ4v) is 3.04. The molecule has 0 radical (unpaired) electrons. The number of thiocarbonyl (C=S) groups is 1. The molecular formula is C18H26N2O5S. The van der Waals surface area contributed by atoms with Crippen molar-refractivity contribution in [1.82, 2.24) is 4.90 Å². The molecule has 1 N–H and O–H groups in total. The monoisotopic (exact) mass is 382 g/mol. The fraction of sp³-hybridized carbons (Fsp3) is 0.556. The van der Waals surface area contributed by atoms with Gasteiger partial charge in [-0.1, -0.05) is 0 Å². The van der Waals surface area contributed by atoms with E-state index in [0.29, 0.717) is 41.5 Å². The van der Waals surface area contributed by atoms with E-state index in [9.17, 15) is 4.79 Å². The van der Waals surface area contributed by atoms with Gasteiger partial charge in [0.05, 0.1) is 33.1 Å². The first-order chi connectivity index (χ1) is 12.6. The number of ether oxygens (including phenoxy) is 4. The summed E-state index contributed by atoms with van der Waals surface area (Å²) < 4.78 is 21.1. The van der Waals surface area contributed by atoms with Crippen LogP contribution in [0.4, 0.5) is 10.5 Å². The molecule has 26 heavy (non-hydrogen) atoms. The van der Waals surface area contributed by atoms with Crippen LogP contribution in [0.3, 0.4) is 0 Å². The van der Waals surface area contributed by atoms with Gasteiger partial charge in [0.15, 0.2) is 0 Å². The Morgan fingerprint density at radius 1 is 1.23 bits per heavy atom. The zero-order valence-corrected chi connectivity index (χ0v) is 16.3. The maximum absolute atomic E-state index is 12.1. The first-order valence-corrected chi connectivity index (χ1v) is 9.05. The minimum absolute atomic E-state index is 0.319. The largest absolute Gasteiger partial charge is 0.497 e. The van der Waals surface area contributed by atoms with Gasteiger partial charge in [0, 0.05) is 19.2 Å². The Labute approximate surface area is 159 Å². The number of hydrogen-bond donors (Lipinski definition) is 1. The number of nitrogens with zero attached hydrogens (tertiary/aromatic N) is 1. The van der Waals surface area contributed by atoms with Crippen molar-refractivity contribution in [1.29, 1.82) is 0 Å². The summed E-state index contributed by atoms with van der Waals surface area (Å²) in [5, 5.41) is 3.26. The molecule has 1 amide bonds. The topological polar surface area (TPSA) is 69.3 Å². The van der Waals surface area contributed by atoms with E-state index in [4.69, 9.17) is 31.2 Å². The number of methoxy groups -OCH3 is 2. The molecule has 0 unspecified atom stereocenters. The number of likely N-dealkylation sites (tertiary alicyclic amines) is 1. The summed E-state index contributed by atoms with van der Waals surface area (Å²) in [6, 6.07) is 5.16. The third kappa shape index (κ3) is 5.66. The molecule has 0 atom stereocenters. The summed E-state index contributed by atoms with van der Waals surface area (Å²) in [5.74, 6) is 1.48. The molecule has 0 aromatic heterocycles. The lowest BCUT2D eigenvalue weighted by Crippen LogP contribution is -2.39. The summed E-state index contributed by atoms with van der Waals surface area (Å²) in [6.07, 6.45) is 1.32. The molecule has 0 spiro atoms. The van der Waals surface area contributed by atoms with Gasteiger partial charge in [-0.2, -0.15) is 0 Å². The average molecular weight is 382 g/mol. The third-order valence-electron chi connectivity index (χ3n) is 4.24. The second kappa shape index (κ2) is 10.1. The predicted molar refractivity (Wildman–Crippen MR) is 103 cm³/mol. The van der Waals surface area contributed by atoms with Crippen molar-refractivity contribution in [3.05, 3.63) is 18.2 Å². The molecule has 0 saturated carbocycles. The normalized spacial score (nSPS) is 14.5. The van der Waals surface area contributed by atoms with Crippen LogP contribution in [0.15, 0.2) is 18.2 Å². The van der Waals surface area contributed by atoms with Gasteiger partial charge in [-0.3, -0.25) is 5.32 Å². The number of hydrogen-bond acceptors (Lipinski definition) is 6. The van der Waals surface area contributed by atoms with Crippen molar-refractivity contribution >= 4 is 29.2 Å². The quantitative estimate of drug-likeness (QED) is 0.757. The molecule has 2 rings (SSSR count). The predicted octanol–water partition coefficient (Wildman–Crippen LogP) is 3.29. The van der Waals surface area contributed by atoms with E-state index in [1.807, 2.05) is 6.92 Å². The summed E-state index contributed by atoms with van der Waals surface area (Å²) >= 11 is 5.22. The zero-order valence-electron chi connectivity index (χ0n) is 15.4. The van der Waals surface area contributed by atoms with Crippen LogP contribution in [-0.2, 0) is 9.47 Å². The van der Waals surface area contributed by atoms with Gasteiger partial charge >= 0.3 is 6.09 Å². The summed E-state index contributed by atoms with van der Waals surface area (Å²) in [5.41, 5.74) is 0.537. The number of piperidine rings is 1. The lowest BCUT2D eigenvalue weighted by atomic mass is 9.98. The maximum Gasteiger partial charge on any atom is 0.411 e. The molecule has 1 fully saturated rings. The Hall–Kier alpha value is -2.22. The Kier molecular flexibility index (Phi) is 7.77. The van der Waals surface area contributed by atoms with E-state index < -0.39 is 6.09 Å². The van der Waals surface area contributed by atoms with Crippen molar-refractivity contribution in [3.63, 3.8) is 0 Å². The smallest absolute Gasteiger partial charge is 0.411 e. The van der Waals surface area contributed by atoms with Crippen molar-refractivity contribution in [2.45, 2.75) is 19.8 Å². The second-order valence-corrected chi connectivity index (χ2v) is 6.27. The molecular weight excluding hydrogens is 356 g/mol. The van der Waals surface area contributed by atoms with Crippen LogP contribution in [0, 0.1) is 5.92 Å². The molecule has 0 aliphatic carbocycles. The average Bonchev–Trinajstić information content (AvgIpc) is 2.67. The van der Waals surface area contributed by atoms with Crippen molar-refractivity contribution in [2.75, 3.05) is 45.8 Å². The van der Waals surface area contributed by atoms with Gasteiger partial charge in [0.2, 0.25) is 0 Å². The highest BCUT2D eigenvalue weighted by atomic mass is 32.1. The number of amides is 1. The number of rotatable bonds is 6. The lowest BCUT2D eigenvalue weighted by molar-refractivity contribution is 0.115. The highest BCUT2D eigenvalue weighted by Crippen LogP contribution is 2.29. The van der Waals surface area contributed by atoms with Crippen LogP contribution in [0.5, 0.6) is 11.5 Å². The van der Waals surface area contributed by atoms with Crippen LogP contribution < -0.4 is 14.8 Å². The third-order valence-corrected chi connectivity index (χ3v) is 4.61. The van der Waals surface area contributed by atoms with Gasteiger partial charge in [-0.05, 0) is 50.0 Å². The minimum atomic E-state index is -0.499. The standard InChI is InChI=1S/C18H26N2O5S/c1-4-24-18(26)20-9-7-13(8-10-20)12-25-17(21)19-15-6-5-14(22-2)11-16(15)23-3/h5-6,11,13H,4,7-10,12H2,1-3H3,(H,19,21). The van der Waals surface area contributed by atoms with Gasteiger partial charge < -0.3 is 23.8 Å². The molecule has 1 heterocycles. The van der Waals surface area contributed by atoms with Crippen LogP contribution >= 0.6 is 12.2 Å². The molecule has 144 valence electrons. The second-order valence-electron chi connectivity index (χ2n) is 5.92. The number of carbonyl (C=O) groups excluding carboxylic acids is 1. The van der Waals surface area contributed by atoms with Crippen molar-refractivity contribution < 1.29 is 23.7 Å². The molecule has 8 heteroatoms. The molecule has 0 bridgehead atoms. The van der Waals surface area contributed by atoms with Gasteiger partial charge in [-0.25, -0.2) is 4.79 Å². The summed E-state index contributed by atoms with van der Waals surface area (Å²) in [6.45, 7) is 4.52. The van der Waals surface area contributed by atoms with Crippen LogP contribution in [0.1, 0.15) is 19.8 Å². The first kappa shape index (κ1) is 20.1. The molecule has 1 aliphatic rings. The van der Waals surface area contributed by atoms with Crippen molar-refractivity contribution in [2.24, 2.45) is 5.92 Å². The highest BCUT2D eigenvalue weighted by Gasteiger charge is 2.22. The van der Waals surface area contributed by atoms with E-state index in [2.05, 4.69) is 10.2 Å². The number of nitrogens with one attached hydrogen (secondary N) is 1. The van der Waals surface area contributed by atoms with Crippen LogP contribution in [0.2, 0.25) is 0 Å². The molecule has 1 saturated heterocycles. The van der Waals surface area contributed by atoms with E-state index in [1.54, 1.807) is 25.3 Å². The Morgan fingerprint density at radius 2 is 1.96 bits per heavy atom. The molecule has 1 aromatic carbocycles. The zero-order chi connectivity index (χ0) is 18.9. The summed E-state index contributed by atoms with van der Waals surface area (Å²) in [7, 11) is 3.11. The summed E-state index contributed by atoms with van der Waals surface area (Å²) in [4.78, 5) is 14.1. The number of carbonyl (C=O) groups is 1. The molecule has 1 aliphatic heterocycles. The van der Waals surface area contributed by atoms with Gasteiger partial charge in [0.25, 0.3) is 5.17 Å². The van der Waals surface area contributed by atoms with Crippen molar-refractivity contribution in [3.8, 4) is 11.5 Å². The fourth-order valence-electron chi connectivity index (χ4n) is 2.74. The van der Waals surface area contributed by atoms with Gasteiger partial charge in [-0.15, -0.1) is 0 Å². The van der Waals surface area contributed by atoms with Gasteiger partial charge in [0.1, 0.15) is 11.5 Å². The highest BCUT2D eigenvalue weighted by molar-refractivity contribution is 7.80. The Bertz CT molecular complexity index is 618. The maximum atomic E-state index is 12.1. The van der Waals surface area contributed by atoms with E-state index in [0.717, 1.165) is 25.9 Å². The van der Waals surface area contributed by atoms with E-state index in [1.165, 1.54) is 7.11 Å². The van der Waals surface area contributed by atoms with Crippen LogP contribution in [0.25, 0.3) is 0 Å². The Balaban J connectivity index is 1.77. The molecule has 7 nitrogen and oxygen atoms in total. The SMILES string of the molecule is CCOC(=S)N1CCC(COC(=O)Nc2ccc(OC)cc2OC)CC1. The lowest BCUT2D eigenvalue weighted by Gasteiger charge is -2.32. The molecule has 1 aromatic rings. The Morgan fingerprint density at radius 3 is 2.58 bits per heavy atom. The van der Waals surface area contributed by atoms with E-state index >= 15 is 0 Å². The minimum Gasteiger partial charge on any atom is -0.497 e. The number of anilines is 1.